The number of hydrogen-bond acceptors (Lipinski definition) is 1. The lowest BCUT2D eigenvalue weighted by Crippen LogP contribution is -3.10. The largest absolute Gasteiger partial charge is 0.351 e. The minimum Gasteiger partial charge on any atom is -0.351 e. The van der Waals surface area contributed by atoms with Gasteiger partial charge in [0.1, 0.15) is 11.5 Å². The van der Waals surface area contributed by atoms with Gasteiger partial charge in [-0.1, -0.05) is 0 Å². The minimum atomic E-state index is -0.285. The monoisotopic (exact) mass is 290 g/mol. The van der Waals surface area contributed by atoms with E-state index in [2.05, 4.69) is 12.0 Å². The molecule has 0 spiro atoms. The topological polar surface area (TPSA) is 40.5 Å². The molecule has 2 N–H and O–H groups in total. The summed E-state index contributed by atoms with van der Waals surface area (Å²) in [4.78, 5) is 19.0. The molecule has 0 bridgehead atoms. The Morgan fingerprint density at radius 2 is 2.05 bits per heavy atom. The van der Waals surface area contributed by atoms with E-state index in [4.69, 9.17) is 0 Å². The number of nitrogens with one attached hydrogen (secondary N) is 2. The zero-order chi connectivity index (χ0) is 15.0. The summed E-state index contributed by atoms with van der Waals surface area (Å²) in [6, 6.07) is 6.54. The Kier molecular flexibility index (Phi) is 3.68. The zero-order valence-electron chi connectivity index (χ0n) is 12.4. The van der Waals surface area contributed by atoms with E-state index in [9.17, 15) is 9.18 Å². The van der Waals surface area contributed by atoms with Crippen molar-refractivity contribution in [1.29, 1.82) is 0 Å². The SMILES string of the molecule is CN(C(=O)c1cc2cc(F)ccc2[nH]1)C1CC[NH+](C)CC1. The van der Waals surface area contributed by atoms with Crippen LogP contribution in [-0.4, -0.2) is 49.0 Å². The fraction of sp³-hybridized carbons (Fsp3) is 0.438. The van der Waals surface area contributed by atoms with E-state index >= 15 is 0 Å². The van der Waals surface area contributed by atoms with Gasteiger partial charge in [0, 0.05) is 36.8 Å². The van der Waals surface area contributed by atoms with Crippen molar-refractivity contribution in [1.82, 2.24) is 9.88 Å². The van der Waals surface area contributed by atoms with Gasteiger partial charge in [0.25, 0.3) is 5.91 Å². The van der Waals surface area contributed by atoms with E-state index in [1.165, 1.54) is 17.0 Å². The summed E-state index contributed by atoms with van der Waals surface area (Å²) in [6.45, 7) is 2.19. The van der Waals surface area contributed by atoms with Crippen LogP contribution in [0.5, 0.6) is 0 Å². The fourth-order valence-electron chi connectivity index (χ4n) is 3.06. The Morgan fingerprint density at radius 1 is 1.33 bits per heavy atom. The summed E-state index contributed by atoms with van der Waals surface area (Å²) >= 11 is 0. The summed E-state index contributed by atoms with van der Waals surface area (Å²) < 4.78 is 13.2. The van der Waals surface area contributed by atoms with Crippen LogP contribution < -0.4 is 4.90 Å². The molecule has 0 radical (unpaired) electrons. The Bertz CT molecular complexity index is 659. The maximum absolute atomic E-state index is 13.2. The second-order valence-corrected chi connectivity index (χ2v) is 6.02. The summed E-state index contributed by atoms with van der Waals surface area (Å²) in [6.07, 6.45) is 2.06. The van der Waals surface area contributed by atoms with Crippen LogP contribution in [-0.2, 0) is 0 Å². The van der Waals surface area contributed by atoms with Crippen molar-refractivity contribution in [2.45, 2.75) is 18.9 Å². The van der Waals surface area contributed by atoms with Gasteiger partial charge in [-0.2, -0.15) is 0 Å². The zero-order valence-corrected chi connectivity index (χ0v) is 12.4. The van der Waals surface area contributed by atoms with Gasteiger partial charge in [-0.25, -0.2) is 4.39 Å². The summed E-state index contributed by atoms with van der Waals surface area (Å²) in [5.41, 5.74) is 1.32. The van der Waals surface area contributed by atoms with Crippen molar-refractivity contribution < 1.29 is 14.1 Å². The molecule has 5 heteroatoms. The Morgan fingerprint density at radius 3 is 2.76 bits per heavy atom. The van der Waals surface area contributed by atoms with Crippen molar-refractivity contribution in [3.05, 3.63) is 35.8 Å². The lowest BCUT2D eigenvalue weighted by molar-refractivity contribution is -0.885. The first-order valence-corrected chi connectivity index (χ1v) is 7.41. The standard InChI is InChI=1S/C16H20FN3O/c1-19-7-5-13(6-8-19)20(2)16(21)15-10-11-9-12(17)3-4-14(11)18-15/h3-4,9-10,13,18H,5-8H2,1-2H3/p+1. The molecule has 112 valence electrons. The van der Waals surface area contributed by atoms with Gasteiger partial charge in [0.15, 0.2) is 0 Å². The number of amides is 1. The third-order valence-corrected chi connectivity index (χ3v) is 4.49. The second-order valence-electron chi connectivity index (χ2n) is 6.02. The number of fused-ring (bicyclic) bond motifs is 1. The maximum Gasteiger partial charge on any atom is 0.270 e. The van der Waals surface area contributed by atoms with Gasteiger partial charge in [-0.15, -0.1) is 0 Å². The normalized spacial score (nSPS) is 22.4. The Hall–Kier alpha value is -1.88. The molecule has 4 nitrogen and oxygen atoms in total. The number of aromatic amines is 1. The van der Waals surface area contributed by atoms with Crippen LogP contribution in [0.4, 0.5) is 4.39 Å². The number of aromatic nitrogens is 1. The smallest absolute Gasteiger partial charge is 0.270 e. The van der Waals surface area contributed by atoms with E-state index in [0.717, 1.165) is 36.8 Å². The molecule has 1 aromatic carbocycles. The first-order chi connectivity index (χ1) is 10.0. The molecule has 1 aliphatic rings. The van der Waals surface area contributed by atoms with E-state index in [1.807, 2.05) is 11.9 Å². The Labute approximate surface area is 123 Å². The van der Waals surface area contributed by atoms with Crippen molar-refractivity contribution in [3.8, 4) is 0 Å². The molecular weight excluding hydrogens is 269 g/mol. The predicted molar refractivity (Wildman–Crippen MR) is 80.0 cm³/mol. The number of carbonyl (C=O) groups excluding carboxylic acids is 1. The number of piperidine rings is 1. The molecule has 1 fully saturated rings. The highest BCUT2D eigenvalue weighted by atomic mass is 19.1. The average molecular weight is 290 g/mol. The Balaban J connectivity index is 1.79. The molecule has 0 saturated carbocycles. The molecular formula is C16H21FN3O+. The van der Waals surface area contributed by atoms with Crippen LogP contribution in [0.25, 0.3) is 10.9 Å². The third-order valence-electron chi connectivity index (χ3n) is 4.49. The number of hydrogen-bond donors (Lipinski definition) is 2. The quantitative estimate of drug-likeness (QED) is 0.853. The van der Waals surface area contributed by atoms with Crippen molar-refractivity contribution >= 4 is 16.8 Å². The second kappa shape index (κ2) is 5.48. The highest BCUT2D eigenvalue weighted by Crippen LogP contribution is 2.19. The molecule has 1 aliphatic heterocycles. The van der Waals surface area contributed by atoms with Crippen LogP contribution in [0.2, 0.25) is 0 Å². The van der Waals surface area contributed by atoms with Crippen LogP contribution in [0, 0.1) is 5.82 Å². The lowest BCUT2D eigenvalue weighted by atomic mass is 10.0. The van der Waals surface area contributed by atoms with E-state index in [-0.39, 0.29) is 11.7 Å². The molecule has 0 unspecified atom stereocenters. The van der Waals surface area contributed by atoms with Crippen molar-refractivity contribution in [2.24, 2.45) is 0 Å². The summed E-state index contributed by atoms with van der Waals surface area (Å²) in [5.74, 6) is -0.302. The number of nitrogens with zero attached hydrogens (tertiary/aromatic N) is 1. The molecule has 2 heterocycles. The van der Waals surface area contributed by atoms with E-state index < -0.39 is 0 Å². The maximum atomic E-state index is 13.2. The highest BCUT2D eigenvalue weighted by Gasteiger charge is 2.27. The van der Waals surface area contributed by atoms with E-state index in [0.29, 0.717) is 11.7 Å². The van der Waals surface area contributed by atoms with Crippen LogP contribution in [0.1, 0.15) is 23.3 Å². The van der Waals surface area contributed by atoms with Gasteiger partial charge in [-0.3, -0.25) is 4.79 Å². The molecule has 1 aromatic heterocycles. The summed E-state index contributed by atoms with van der Waals surface area (Å²) in [7, 11) is 4.05. The average Bonchev–Trinajstić information content (AvgIpc) is 2.89. The van der Waals surface area contributed by atoms with Crippen LogP contribution in [0.15, 0.2) is 24.3 Å². The molecule has 1 saturated heterocycles. The molecule has 2 aromatic rings. The number of halogens is 1. The van der Waals surface area contributed by atoms with Gasteiger partial charge in [-0.05, 0) is 24.3 Å². The molecule has 0 aliphatic carbocycles. The summed E-state index contributed by atoms with van der Waals surface area (Å²) in [5, 5.41) is 0.736. The number of benzene rings is 1. The first kappa shape index (κ1) is 14.1. The van der Waals surface area contributed by atoms with Crippen molar-refractivity contribution in [2.75, 3.05) is 27.2 Å². The van der Waals surface area contributed by atoms with Crippen LogP contribution in [0.3, 0.4) is 0 Å². The third kappa shape index (κ3) is 2.78. The number of quaternary nitrogens is 1. The highest BCUT2D eigenvalue weighted by molar-refractivity contribution is 5.98. The molecule has 1 amide bonds. The molecule has 3 rings (SSSR count). The predicted octanol–water partition coefficient (Wildman–Crippen LogP) is 1.06. The number of carbonyl (C=O) groups is 1. The van der Waals surface area contributed by atoms with Gasteiger partial charge in [0.2, 0.25) is 0 Å². The van der Waals surface area contributed by atoms with Crippen LogP contribution >= 0.6 is 0 Å². The van der Waals surface area contributed by atoms with E-state index in [1.54, 1.807) is 12.1 Å². The van der Waals surface area contributed by atoms with Crippen molar-refractivity contribution in [3.63, 3.8) is 0 Å². The van der Waals surface area contributed by atoms with Gasteiger partial charge < -0.3 is 14.8 Å². The lowest BCUT2D eigenvalue weighted by Gasteiger charge is -2.33. The first-order valence-electron chi connectivity index (χ1n) is 7.41. The van der Waals surface area contributed by atoms with Gasteiger partial charge in [0.05, 0.1) is 20.1 Å². The minimum absolute atomic E-state index is 0.0174. The fourth-order valence-corrected chi connectivity index (χ4v) is 3.06. The molecule has 0 atom stereocenters. The van der Waals surface area contributed by atoms with Gasteiger partial charge >= 0.3 is 0 Å². The number of H-pyrrole nitrogens is 1. The number of likely N-dealkylation sites (tertiary alicyclic amines) is 1. The number of rotatable bonds is 2. The molecule has 21 heavy (non-hydrogen) atoms.